The molecule has 0 aromatic carbocycles. The summed E-state index contributed by atoms with van der Waals surface area (Å²) in [6, 6.07) is 1.57. The highest BCUT2D eigenvalue weighted by molar-refractivity contribution is 6.05. The Morgan fingerprint density at radius 3 is 2.38 bits per heavy atom. The number of hydrogen-bond donors (Lipinski definition) is 1. The lowest BCUT2D eigenvalue weighted by molar-refractivity contribution is -0.141. The summed E-state index contributed by atoms with van der Waals surface area (Å²) in [6.07, 6.45) is 1.51. The van der Waals surface area contributed by atoms with Crippen LogP contribution in [0, 0.1) is 24.7 Å². The molecule has 2 aliphatic rings. The molecule has 1 saturated heterocycles. The van der Waals surface area contributed by atoms with Crippen LogP contribution in [0.2, 0.25) is 0 Å². The zero-order valence-electron chi connectivity index (χ0n) is 12.0. The Morgan fingerprint density at radius 1 is 1.33 bits per heavy atom. The molecule has 1 aromatic heterocycles. The molecule has 0 bridgehead atoms. The van der Waals surface area contributed by atoms with Crippen molar-refractivity contribution in [1.82, 2.24) is 4.90 Å². The summed E-state index contributed by atoms with van der Waals surface area (Å²) >= 11 is 0. The molecule has 112 valence electrons. The van der Waals surface area contributed by atoms with Crippen molar-refractivity contribution >= 4 is 17.8 Å². The lowest BCUT2D eigenvalue weighted by Crippen LogP contribution is -2.31. The molecule has 6 nitrogen and oxygen atoms in total. The van der Waals surface area contributed by atoms with Crippen LogP contribution in [-0.2, 0) is 16.1 Å². The summed E-state index contributed by atoms with van der Waals surface area (Å²) in [6.45, 7) is 3.70. The number of amides is 2. The van der Waals surface area contributed by atoms with Crippen molar-refractivity contribution in [3.8, 4) is 0 Å². The summed E-state index contributed by atoms with van der Waals surface area (Å²) in [5, 5.41) is 8.96. The lowest BCUT2D eigenvalue weighted by Gasteiger charge is -2.15. The van der Waals surface area contributed by atoms with E-state index in [9.17, 15) is 14.4 Å². The number of furan rings is 1. The highest BCUT2D eigenvalue weighted by Crippen LogP contribution is 2.43. The van der Waals surface area contributed by atoms with E-state index in [1.807, 2.05) is 0 Å². The zero-order chi connectivity index (χ0) is 15.3. The number of aromatic carboxylic acids is 1. The van der Waals surface area contributed by atoms with Crippen LogP contribution in [-0.4, -0.2) is 27.8 Å². The molecular weight excluding hydrogens is 274 g/mol. The maximum atomic E-state index is 12.3. The molecule has 0 radical (unpaired) electrons. The van der Waals surface area contributed by atoms with Gasteiger partial charge in [-0.15, -0.1) is 0 Å². The first-order valence-electron chi connectivity index (χ1n) is 7.06. The van der Waals surface area contributed by atoms with Gasteiger partial charge in [0, 0.05) is 5.56 Å². The molecule has 6 heteroatoms. The minimum atomic E-state index is -1.15. The number of fused-ring (bicyclic) bond motifs is 1. The largest absolute Gasteiger partial charge is 0.475 e. The predicted molar refractivity (Wildman–Crippen MR) is 71.3 cm³/mol. The molecule has 1 N–H and O–H groups in total. The minimum Gasteiger partial charge on any atom is -0.475 e. The van der Waals surface area contributed by atoms with Gasteiger partial charge in [0.1, 0.15) is 5.76 Å². The van der Waals surface area contributed by atoms with Gasteiger partial charge >= 0.3 is 5.97 Å². The quantitative estimate of drug-likeness (QED) is 0.858. The van der Waals surface area contributed by atoms with Crippen LogP contribution in [0.4, 0.5) is 0 Å². The van der Waals surface area contributed by atoms with Crippen molar-refractivity contribution in [2.45, 2.75) is 33.2 Å². The van der Waals surface area contributed by atoms with Gasteiger partial charge in [-0.3, -0.25) is 14.5 Å². The standard InChI is InChI=1S/C15H17NO5/c1-7-3-10-11(4-7)14(18)16(13(10)17)6-9-5-8(2)12(21-9)15(19)20/h5,7,10-11H,3-4,6H2,1-2H3,(H,19,20). The van der Waals surface area contributed by atoms with Crippen LogP contribution in [0.1, 0.15) is 41.6 Å². The molecule has 1 aromatic rings. The van der Waals surface area contributed by atoms with Gasteiger partial charge in [0.15, 0.2) is 0 Å². The van der Waals surface area contributed by atoms with E-state index in [-0.39, 0.29) is 36.0 Å². The topological polar surface area (TPSA) is 87.8 Å². The predicted octanol–water partition coefficient (Wildman–Crippen LogP) is 1.82. The van der Waals surface area contributed by atoms with Gasteiger partial charge in [-0.25, -0.2) is 4.79 Å². The fraction of sp³-hybridized carbons (Fsp3) is 0.533. The van der Waals surface area contributed by atoms with Gasteiger partial charge < -0.3 is 9.52 Å². The van der Waals surface area contributed by atoms with Gasteiger partial charge in [-0.05, 0) is 31.7 Å². The van der Waals surface area contributed by atoms with Crippen molar-refractivity contribution in [3.63, 3.8) is 0 Å². The summed E-state index contributed by atoms with van der Waals surface area (Å²) in [5.74, 6) is -1.27. The number of likely N-dealkylation sites (tertiary alicyclic amines) is 1. The molecule has 1 aliphatic heterocycles. The van der Waals surface area contributed by atoms with Crippen LogP contribution in [0.3, 0.4) is 0 Å². The first kappa shape index (κ1) is 13.9. The number of aryl methyl sites for hydroxylation is 1. The highest BCUT2D eigenvalue weighted by atomic mass is 16.4. The molecule has 2 fully saturated rings. The Labute approximate surface area is 121 Å². The molecular formula is C15H17NO5. The number of carbonyl (C=O) groups excluding carboxylic acids is 2. The average molecular weight is 291 g/mol. The molecule has 2 amide bonds. The molecule has 21 heavy (non-hydrogen) atoms. The third-order valence-corrected chi connectivity index (χ3v) is 4.44. The monoisotopic (exact) mass is 291 g/mol. The smallest absolute Gasteiger partial charge is 0.372 e. The third-order valence-electron chi connectivity index (χ3n) is 4.44. The number of nitrogens with zero attached hydrogens (tertiary/aromatic N) is 1. The fourth-order valence-electron chi connectivity index (χ4n) is 3.50. The Hall–Kier alpha value is -2.11. The van der Waals surface area contributed by atoms with E-state index in [1.54, 1.807) is 13.0 Å². The van der Waals surface area contributed by atoms with E-state index in [4.69, 9.17) is 9.52 Å². The second-order valence-corrected chi connectivity index (χ2v) is 6.08. The van der Waals surface area contributed by atoms with Crippen LogP contribution < -0.4 is 0 Å². The highest BCUT2D eigenvalue weighted by Gasteiger charge is 2.51. The SMILES string of the molecule is Cc1cc(CN2C(=O)C3CC(C)CC3C2=O)oc1C(=O)O. The van der Waals surface area contributed by atoms with E-state index in [0.29, 0.717) is 17.2 Å². The summed E-state index contributed by atoms with van der Waals surface area (Å²) in [5.41, 5.74) is 0.491. The number of imide groups is 1. The molecule has 2 unspecified atom stereocenters. The Balaban J connectivity index is 1.80. The normalized spacial score (nSPS) is 28.3. The fourth-order valence-corrected chi connectivity index (χ4v) is 3.50. The van der Waals surface area contributed by atoms with Gasteiger partial charge in [0.2, 0.25) is 17.6 Å². The third kappa shape index (κ3) is 2.14. The van der Waals surface area contributed by atoms with E-state index in [0.717, 1.165) is 12.8 Å². The van der Waals surface area contributed by atoms with Crippen LogP contribution >= 0.6 is 0 Å². The van der Waals surface area contributed by atoms with Crippen molar-refractivity contribution in [2.75, 3.05) is 0 Å². The number of hydrogen-bond acceptors (Lipinski definition) is 4. The van der Waals surface area contributed by atoms with Gasteiger partial charge in [0.25, 0.3) is 0 Å². The van der Waals surface area contributed by atoms with Gasteiger partial charge in [-0.1, -0.05) is 6.92 Å². The van der Waals surface area contributed by atoms with Crippen molar-refractivity contribution in [3.05, 3.63) is 23.2 Å². The molecule has 1 aliphatic carbocycles. The lowest BCUT2D eigenvalue weighted by atomic mass is 10.00. The second-order valence-electron chi connectivity index (χ2n) is 6.08. The first-order valence-corrected chi connectivity index (χ1v) is 7.06. The Kier molecular flexibility index (Phi) is 3.11. The van der Waals surface area contributed by atoms with Gasteiger partial charge in [0.05, 0.1) is 18.4 Å². The number of carbonyl (C=O) groups is 3. The van der Waals surface area contributed by atoms with E-state index < -0.39 is 5.97 Å². The van der Waals surface area contributed by atoms with Crippen molar-refractivity contribution in [1.29, 1.82) is 0 Å². The Morgan fingerprint density at radius 2 is 1.90 bits per heavy atom. The minimum absolute atomic E-state index is 0.0210. The molecule has 0 spiro atoms. The second kappa shape index (κ2) is 4.72. The number of rotatable bonds is 3. The average Bonchev–Trinajstić information content (AvgIpc) is 3.02. The van der Waals surface area contributed by atoms with Crippen LogP contribution in [0.15, 0.2) is 10.5 Å². The zero-order valence-corrected chi connectivity index (χ0v) is 12.0. The Bertz CT molecular complexity index is 608. The summed E-state index contributed by atoms with van der Waals surface area (Å²) in [7, 11) is 0. The van der Waals surface area contributed by atoms with Crippen molar-refractivity contribution in [2.24, 2.45) is 17.8 Å². The van der Waals surface area contributed by atoms with Crippen LogP contribution in [0.25, 0.3) is 0 Å². The van der Waals surface area contributed by atoms with Crippen molar-refractivity contribution < 1.29 is 23.9 Å². The molecule has 2 atom stereocenters. The van der Waals surface area contributed by atoms with E-state index in [1.165, 1.54) is 4.90 Å². The van der Waals surface area contributed by atoms with Gasteiger partial charge in [-0.2, -0.15) is 0 Å². The maximum absolute atomic E-state index is 12.3. The molecule has 2 heterocycles. The summed E-state index contributed by atoms with van der Waals surface area (Å²) < 4.78 is 5.23. The van der Waals surface area contributed by atoms with Crippen LogP contribution in [0.5, 0.6) is 0 Å². The summed E-state index contributed by atoms with van der Waals surface area (Å²) in [4.78, 5) is 36.8. The number of carboxylic acids is 1. The van der Waals surface area contributed by atoms with E-state index in [2.05, 4.69) is 6.92 Å². The molecule has 1 saturated carbocycles. The maximum Gasteiger partial charge on any atom is 0.372 e. The number of carboxylic acid groups (broad SMARTS) is 1. The first-order chi connectivity index (χ1) is 9.88. The molecule has 3 rings (SSSR count). The van der Waals surface area contributed by atoms with E-state index >= 15 is 0 Å².